The number of aryl methyl sites for hydroxylation is 1. The highest BCUT2D eigenvalue weighted by molar-refractivity contribution is 5.97. The molecule has 0 aliphatic rings. The van der Waals surface area contributed by atoms with Gasteiger partial charge in [0.05, 0.1) is 11.1 Å². The van der Waals surface area contributed by atoms with Crippen LogP contribution in [-0.4, -0.2) is 16.9 Å². The summed E-state index contributed by atoms with van der Waals surface area (Å²) in [5.74, 6) is -0.467. The fourth-order valence-corrected chi connectivity index (χ4v) is 1.95. The van der Waals surface area contributed by atoms with E-state index in [-0.39, 0.29) is 18.0 Å². The van der Waals surface area contributed by atoms with Gasteiger partial charge in [-0.25, -0.2) is 4.79 Å². The minimum atomic E-state index is -0.958. The topological polar surface area (TPSA) is 63.6 Å². The lowest BCUT2D eigenvalue weighted by Crippen LogP contribution is -2.03. The standard InChI is InChI=1S/C17H16O4/c1-11-3-8-16(15(9-11)12(2)18)21-10-13-4-6-14(7-5-13)17(19)20/h3-9H,10H2,1-2H3,(H,19,20). The number of aromatic carboxylic acids is 1. The van der Waals surface area contributed by atoms with Crippen molar-refractivity contribution in [2.45, 2.75) is 20.5 Å². The molecule has 0 fully saturated rings. The van der Waals surface area contributed by atoms with Crippen LogP contribution in [0.15, 0.2) is 42.5 Å². The molecule has 2 aromatic rings. The molecular formula is C17H16O4. The van der Waals surface area contributed by atoms with Gasteiger partial charge in [0.25, 0.3) is 0 Å². The van der Waals surface area contributed by atoms with Crippen molar-refractivity contribution < 1.29 is 19.4 Å². The molecule has 0 aromatic heterocycles. The Hall–Kier alpha value is -2.62. The molecule has 1 N–H and O–H groups in total. The third-order valence-electron chi connectivity index (χ3n) is 3.11. The molecule has 0 saturated heterocycles. The smallest absolute Gasteiger partial charge is 0.335 e. The van der Waals surface area contributed by atoms with Crippen LogP contribution in [0.2, 0.25) is 0 Å². The Morgan fingerprint density at radius 2 is 1.76 bits per heavy atom. The number of carbonyl (C=O) groups excluding carboxylic acids is 1. The van der Waals surface area contributed by atoms with Crippen molar-refractivity contribution in [3.8, 4) is 5.75 Å². The molecule has 0 radical (unpaired) electrons. The molecule has 2 rings (SSSR count). The zero-order chi connectivity index (χ0) is 15.4. The molecular weight excluding hydrogens is 268 g/mol. The third kappa shape index (κ3) is 3.69. The van der Waals surface area contributed by atoms with Gasteiger partial charge >= 0.3 is 5.97 Å². The van der Waals surface area contributed by atoms with Crippen LogP contribution in [0.3, 0.4) is 0 Å². The van der Waals surface area contributed by atoms with Gasteiger partial charge in [0.2, 0.25) is 0 Å². The van der Waals surface area contributed by atoms with Crippen LogP contribution in [0, 0.1) is 6.92 Å². The van der Waals surface area contributed by atoms with Crippen molar-refractivity contribution in [1.82, 2.24) is 0 Å². The highest BCUT2D eigenvalue weighted by Crippen LogP contribution is 2.22. The SMILES string of the molecule is CC(=O)c1cc(C)ccc1OCc1ccc(C(=O)O)cc1. The van der Waals surface area contributed by atoms with Gasteiger partial charge < -0.3 is 9.84 Å². The molecule has 0 unspecified atom stereocenters. The van der Waals surface area contributed by atoms with Crippen LogP contribution in [0.25, 0.3) is 0 Å². The summed E-state index contributed by atoms with van der Waals surface area (Å²) in [5, 5.41) is 8.84. The van der Waals surface area contributed by atoms with Gasteiger partial charge in [0, 0.05) is 0 Å². The first-order valence-electron chi connectivity index (χ1n) is 6.54. The fourth-order valence-electron chi connectivity index (χ4n) is 1.95. The lowest BCUT2D eigenvalue weighted by atomic mass is 10.1. The van der Waals surface area contributed by atoms with Crippen LogP contribution in [0.1, 0.15) is 38.8 Å². The predicted octanol–water partition coefficient (Wildman–Crippen LogP) is 3.47. The molecule has 2 aromatic carbocycles. The van der Waals surface area contributed by atoms with Crippen molar-refractivity contribution in [3.05, 3.63) is 64.7 Å². The normalized spacial score (nSPS) is 10.2. The van der Waals surface area contributed by atoms with E-state index in [1.165, 1.54) is 19.1 Å². The minimum Gasteiger partial charge on any atom is -0.488 e. The summed E-state index contributed by atoms with van der Waals surface area (Å²) in [5.41, 5.74) is 2.63. The number of hydrogen-bond donors (Lipinski definition) is 1. The summed E-state index contributed by atoms with van der Waals surface area (Å²) >= 11 is 0. The Morgan fingerprint density at radius 3 is 2.33 bits per heavy atom. The number of ketones is 1. The first kappa shape index (κ1) is 14.8. The summed E-state index contributed by atoms with van der Waals surface area (Å²) in [7, 11) is 0. The second-order valence-electron chi connectivity index (χ2n) is 4.85. The van der Waals surface area contributed by atoms with E-state index < -0.39 is 5.97 Å². The first-order valence-corrected chi connectivity index (χ1v) is 6.54. The molecule has 4 nitrogen and oxygen atoms in total. The van der Waals surface area contributed by atoms with Crippen molar-refractivity contribution >= 4 is 11.8 Å². The monoisotopic (exact) mass is 284 g/mol. The lowest BCUT2D eigenvalue weighted by Gasteiger charge is -2.11. The maximum Gasteiger partial charge on any atom is 0.335 e. The fraction of sp³-hybridized carbons (Fsp3) is 0.176. The number of carbonyl (C=O) groups is 2. The second kappa shape index (κ2) is 6.22. The van der Waals surface area contributed by atoms with Crippen molar-refractivity contribution in [1.29, 1.82) is 0 Å². The van der Waals surface area contributed by atoms with Crippen LogP contribution in [0.4, 0.5) is 0 Å². The predicted molar refractivity (Wildman–Crippen MR) is 78.9 cm³/mol. The zero-order valence-electron chi connectivity index (χ0n) is 11.9. The highest BCUT2D eigenvalue weighted by atomic mass is 16.5. The van der Waals surface area contributed by atoms with E-state index in [4.69, 9.17) is 9.84 Å². The number of carboxylic acids is 1. The number of Topliss-reactive ketones (excluding diaryl/α,β-unsaturated/α-hetero) is 1. The number of rotatable bonds is 5. The van der Waals surface area contributed by atoms with Crippen molar-refractivity contribution in [2.24, 2.45) is 0 Å². The van der Waals surface area contributed by atoms with Gasteiger partial charge in [0.15, 0.2) is 5.78 Å². The van der Waals surface area contributed by atoms with E-state index >= 15 is 0 Å². The van der Waals surface area contributed by atoms with E-state index in [1.54, 1.807) is 24.3 Å². The largest absolute Gasteiger partial charge is 0.488 e. The van der Waals surface area contributed by atoms with Gasteiger partial charge in [-0.15, -0.1) is 0 Å². The average Bonchev–Trinajstić information content (AvgIpc) is 2.46. The van der Waals surface area contributed by atoms with Gasteiger partial charge in [-0.05, 0) is 43.7 Å². The molecule has 0 heterocycles. The molecule has 108 valence electrons. The van der Waals surface area contributed by atoms with Crippen molar-refractivity contribution in [2.75, 3.05) is 0 Å². The number of ether oxygens (including phenoxy) is 1. The van der Waals surface area contributed by atoms with E-state index in [9.17, 15) is 9.59 Å². The number of carboxylic acid groups (broad SMARTS) is 1. The molecule has 0 amide bonds. The Balaban J connectivity index is 2.13. The molecule has 4 heteroatoms. The van der Waals surface area contributed by atoms with Crippen LogP contribution >= 0.6 is 0 Å². The van der Waals surface area contributed by atoms with Gasteiger partial charge in [0.1, 0.15) is 12.4 Å². The van der Waals surface area contributed by atoms with Crippen LogP contribution in [-0.2, 0) is 6.61 Å². The molecule has 0 atom stereocenters. The molecule has 0 aliphatic heterocycles. The van der Waals surface area contributed by atoms with Gasteiger partial charge in [-0.3, -0.25) is 4.79 Å². The minimum absolute atomic E-state index is 0.0464. The molecule has 0 spiro atoms. The summed E-state index contributed by atoms with van der Waals surface area (Å²) in [6.45, 7) is 3.70. The number of hydrogen-bond acceptors (Lipinski definition) is 3. The average molecular weight is 284 g/mol. The number of benzene rings is 2. The Labute approximate surface area is 123 Å². The summed E-state index contributed by atoms with van der Waals surface area (Å²) in [6, 6.07) is 11.9. The van der Waals surface area contributed by atoms with E-state index in [2.05, 4.69) is 0 Å². The Kier molecular flexibility index (Phi) is 4.38. The molecule has 0 aliphatic carbocycles. The maximum atomic E-state index is 11.6. The lowest BCUT2D eigenvalue weighted by molar-refractivity contribution is 0.0696. The van der Waals surface area contributed by atoms with Crippen LogP contribution in [0.5, 0.6) is 5.75 Å². The van der Waals surface area contributed by atoms with Gasteiger partial charge in [-0.2, -0.15) is 0 Å². The highest BCUT2D eigenvalue weighted by Gasteiger charge is 2.09. The first-order chi connectivity index (χ1) is 9.97. The molecule has 0 bridgehead atoms. The van der Waals surface area contributed by atoms with Gasteiger partial charge in [-0.1, -0.05) is 23.8 Å². The Bertz CT molecular complexity index is 672. The maximum absolute atomic E-state index is 11.6. The van der Waals surface area contributed by atoms with E-state index in [0.717, 1.165) is 11.1 Å². The molecule has 0 saturated carbocycles. The second-order valence-corrected chi connectivity index (χ2v) is 4.85. The van der Waals surface area contributed by atoms with Crippen molar-refractivity contribution in [3.63, 3.8) is 0 Å². The third-order valence-corrected chi connectivity index (χ3v) is 3.11. The quantitative estimate of drug-likeness (QED) is 0.854. The summed E-state index contributed by atoms with van der Waals surface area (Å²) in [4.78, 5) is 22.4. The van der Waals surface area contributed by atoms with E-state index in [1.807, 2.05) is 13.0 Å². The Morgan fingerprint density at radius 1 is 1.10 bits per heavy atom. The summed E-state index contributed by atoms with van der Waals surface area (Å²) in [6.07, 6.45) is 0. The van der Waals surface area contributed by atoms with E-state index in [0.29, 0.717) is 11.3 Å². The molecule has 21 heavy (non-hydrogen) atoms. The summed E-state index contributed by atoms with van der Waals surface area (Å²) < 4.78 is 5.67. The zero-order valence-corrected chi connectivity index (χ0v) is 11.9. The van der Waals surface area contributed by atoms with Crippen LogP contribution < -0.4 is 4.74 Å².